The van der Waals surface area contributed by atoms with Crippen LogP contribution in [0.1, 0.15) is 26.3 Å². The van der Waals surface area contributed by atoms with E-state index in [1.165, 1.54) is 48.4 Å². The Morgan fingerprint density at radius 3 is 2.28 bits per heavy atom. The van der Waals surface area contributed by atoms with Crippen LogP contribution in [0.3, 0.4) is 0 Å². The molecule has 8 rings (SSSR count). The number of nitrogens with one attached hydrogen (secondary N) is 3. The molecular formula is C31H38N10O9S3. The molecule has 0 aliphatic carbocycles. The van der Waals surface area contributed by atoms with E-state index in [1.54, 1.807) is 21.5 Å². The molecule has 8 heterocycles. The summed E-state index contributed by atoms with van der Waals surface area (Å²) in [5, 5.41) is 61.8. The van der Waals surface area contributed by atoms with E-state index in [1.807, 2.05) is 25.7 Å². The second kappa shape index (κ2) is 14.2. The summed E-state index contributed by atoms with van der Waals surface area (Å²) in [4.78, 5) is 45.7. The van der Waals surface area contributed by atoms with Crippen molar-refractivity contribution in [3.63, 3.8) is 0 Å². The highest BCUT2D eigenvalue weighted by Crippen LogP contribution is 2.50. The van der Waals surface area contributed by atoms with Crippen LogP contribution in [-0.4, -0.2) is 139 Å². The van der Waals surface area contributed by atoms with Crippen molar-refractivity contribution >= 4 is 91.4 Å². The molecule has 4 aliphatic heterocycles. The number of carbonyl (C=O) groups excluding carboxylic acids is 1. The van der Waals surface area contributed by atoms with Crippen molar-refractivity contribution in [2.75, 3.05) is 54.5 Å². The van der Waals surface area contributed by atoms with E-state index in [0.29, 0.717) is 55.4 Å². The molecule has 0 saturated carbocycles. The topological polar surface area (TPSA) is 264 Å². The molecule has 284 valence electrons. The molecule has 1 amide bonds. The molecule has 0 spiro atoms. The van der Waals surface area contributed by atoms with E-state index in [0.717, 1.165) is 0 Å². The molecule has 0 radical (unpaired) electrons. The zero-order chi connectivity index (χ0) is 38.0. The Labute approximate surface area is 314 Å². The standard InChI is InChI=1S/C16H19N5O4S2.C15H19N5O5S/c1-16(27-3)11(24)8(6-22)25-14(16)21-5-7-10-12(18-9(23)4-17-7)19-15(26-2)20-13(10)21;1-15(24)10(23)7(5-21)25-13(15)20-4-6-9-11(16-3-8(22)17-6)18-14(26-2)19-12(9)20/h4-5,8,11,14,22,24H,6H2,1-3H3,(H,18,19,20,23);4,7,10,13,21,23-24H,3,5H2,1-2H3,(H,17,22)(H,16,18,19)/t8-,11-,14?,16-;7-,10-,13?,15-/m11/s1. The number of hydrogen-bond donors (Lipinski definition) is 8. The molecule has 0 aromatic carbocycles. The summed E-state index contributed by atoms with van der Waals surface area (Å²) in [6.45, 7) is 2.68. The normalized spacial score (nSPS) is 30.3. The van der Waals surface area contributed by atoms with Gasteiger partial charge in [0.15, 0.2) is 34.2 Å². The summed E-state index contributed by atoms with van der Waals surface area (Å²) in [5.41, 5.74) is -0.641. The SMILES string of the molecule is CSC1=Nc2c3c(nc(=O)cnc3cn2C2O[C@H](CO)[C@@H](O)[C@@]2(C)SC)N1.CSc1nc2c3c(cn(C4O[C@H](CO)[C@@H](O)[C@@]4(C)O)c3n1)NC(=O)CN2. The van der Waals surface area contributed by atoms with Gasteiger partial charge in [-0.15, -0.1) is 0 Å². The first-order valence-electron chi connectivity index (χ1n) is 16.3. The number of carbonyl (C=O) groups is 1. The fourth-order valence-electron chi connectivity index (χ4n) is 6.82. The lowest BCUT2D eigenvalue weighted by Gasteiger charge is -2.32. The van der Waals surface area contributed by atoms with Gasteiger partial charge in [-0.2, -0.15) is 16.7 Å². The van der Waals surface area contributed by atoms with Gasteiger partial charge in [-0.3, -0.25) is 9.59 Å². The zero-order valence-electron chi connectivity index (χ0n) is 29.0. The van der Waals surface area contributed by atoms with Gasteiger partial charge in [0, 0.05) is 12.4 Å². The predicted molar refractivity (Wildman–Crippen MR) is 201 cm³/mol. The Balaban J connectivity index is 0.000000164. The van der Waals surface area contributed by atoms with E-state index < -0.39 is 59.4 Å². The van der Waals surface area contributed by atoms with E-state index in [2.05, 4.69) is 40.9 Å². The van der Waals surface area contributed by atoms with Crippen LogP contribution in [0.2, 0.25) is 0 Å². The number of amides is 1. The van der Waals surface area contributed by atoms with E-state index >= 15 is 0 Å². The Hall–Kier alpha value is -3.58. The predicted octanol–water partition coefficient (Wildman–Crippen LogP) is 0.459. The van der Waals surface area contributed by atoms with Crippen molar-refractivity contribution in [1.82, 2.24) is 29.1 Å². The monoisotopic (exact) mass is 790 g/mol. The minimum atomic E-state index is -1.66. The van der Waals surface area contributed by atoms with Crippen LogP contribution in [0.25, 0.3) is 21.9 Å². The molecule has 4 aromatic rings. The maximum Gasteiger partial charge on any atom is 0.290 e. The average Bonchev–Trinajstić information content (AvgIpc) is 3.76. The van der Waals surface area contributed by atoms with Crippen LogP contribution in [0.5, 0.6) is 0 Å². The van der Waals surface area contributed by atoms with Gasteiger partial charge in [0.25, 0.3) is 5.56 Å². The number of aliphatic hydroxyl groups excluding tert-OH is 4. The number of hydrogen-bond acceptors (Lipinski definition) is 19. The minimum absolute atomic E-state index is 0.0809. The van der Waals surface area contributed by atoms with Gasteiger partial charge in [-0.05, 0) is 32.6 Å². The summed E-state index contributed by atoms with van der Waals surface area (Å²) in [5.74, 6) is 1.21. The molecule has 0 bridgehead atoms. The third kappa shape index (κ3) is 6.23. The van der Waals surface area contributed by atoms with Crippen molar-refractivity contribution in [2.45, 2.75) is 66.2 Å². The second-order valence-corrected chi connectivity index (χ2v) is 15.8. The van der Waals surface area contributed by atoms with E-state index in [-0.39, 0.29) is 19.1 Å². The van der Waals surface area contributed by atoms with Crippen molar-refractivity contribution in [2.24, 2.45) is 4.99 Å². The first-order chi connectivity index (χ1) is 25.3. The lowest BCUT2D eigenvalue weighted by molar-refractivity contribution is -0.114. The lowest BCUT2D eigenvalue weighted by Crippen LogP contribution is -2.44. The molecular weight excluding hydrogens is 753 g/mol. The lowest BCUT2D eigenvalue weighted by atomic mass is 9.96. The van der Waals surface area contributed by atoms with Crippen molar-refractivity contribution in [3.8, 4) is 0 Å². The number of nitrogens with zero attached hydrogens (tertiary/aromatic N) is 7. The molecule has 2 unspecified atom stereocenters. The largest absolute Gasteiger partial charge is 0.394 e. The first kappa shape index (κ1) is 37.7. The van der Waals surface area contributed by atoms with Crippen LogP contribution in [-0.2, 0) is 14.3 Å². The van der Waals surface area contributed by atoms with Crippen molar-refractivity contribution in [3.05, 3.63) is 28.9 Å². The smallest absolute Gasteiger partial charge is 0.290 e. The number of rotatable bonds is 6. The molecule has 53 heavy (non-hydrogen) atoms. The quantitative estimate of drug-likeness (QED) is 0.0974. The summed E-state index contributed by atoms with van der Waals surface area (Å²) >= 11 is 4.19. The van der Waals surface area contributed by atoms with Gasteiger partial charge < -0.3 is 60.1 Å². The van der Waals surface area contributed by atoms with Crippen LogP contribution in [0, 0.1) is 0 Å². The zero-order valence-corrected chi connectivity index (χ0v) is 31.5. The van der Waals surface area contributed by atoms with Gasteiger partial charge in [-0.25, -0.2) is 19.9 Å². The van der Waals surface area contributed by atoms with Crippen molar-refractivity contribution < 1.29 is 39.8 Å². The molecule has 8 N–H and O–H groups in total. The molecule has 8 atom stereocenters. The number of amidine groups is 1. The summed E-state index contributed by atoms with van der Waals surface area (Å²) < 4.78 is 14.4. The Morgan fingerprint density at radius 2 is 1.62 bits per heavy atom. The minimum Gasteiger partial charge on any atom is -0.394 e. The fourth-order valence-corrected chi connectivity index (χ4v) is 8.32. The van der Waals surface area contributed by atoms with Crippen LogP contribution < -0.4 is 21.5 Å². The molecule has 4 aromatic heterocycles. The summed E-state index contributed by atoms with van der Waals surface area (Å²) in [7, 11) is 0. The Kier molecular flexibility index (Phi) is 10.1. The van der Waals surface area contributed by atoms with Crippen LogP contribution in [0.15, 0.2) is 33.5 Å². The number of anilines is 3. The molecule has 2 fully saturated rings. The first-order valence-corrected chi connectivity index (χ1v) is 19.9. The maximum atomic E-state index is 12.0. The third-order valence-corrected chi connectivity index (χ3v) is 12.2. The van der Waals surface area contributed by atoms with E-state index in [9.17, 15) is 35.1 Å². The third-order valence-electron chi connectivity index (χ3n) is 9.70. The number of ether oxygens (including phenoxy) is 2. The molecule has 22 heteroatoms. The van der Waals surface area contributed by atoms with Gasteiger partial charge in [0.2, 0.25) is 5.91 Å². The van der Waals surface area contributed by atoms with E-state index in [4.69, 9.17) is 9.47 Å². The Bertz CT molecular complexity index is 2180. The number of aliphatic imine (C=N–C) groups is 1. The van der Waals surface area contributed by atoms with Gasteiger partial charge in [-0.1, -0.05) is 23.5 Å². The molecule has 4 aliphatic rings. The maximum absolute atomic E-state index is 12.0. The highest BCUT2D eigenvalue weighted by atomic mass is 32.2. The molecule has 19 nitrogen and oxygen atoms in total. The van der Waals surface area contributed by atoms with Crippen molar-refractivity contribution in [1.29, 1.82) is 0 Å². The van der Waals surface area contributed by atoms with Crippen LogP contribution in [0.4, 0.5) is 23.1 Å². The Morgan fingerprint density at radius 1 is 0.906 bits per heavy atom. The number of aromatic nitrogens is 6. The number of thioether (sulfide) groups is 3. The highest BCUT2D eigenvalue weighted by molar-refractivity contribution is 8.13. The summed E-state index contributed by atoms with van der Waals surface area (Å²) in [6, 6.07) is 0. The van der Waals surface area contributed by atoms with Gasteiger partial charge in [0.1, 0.15) is 41.7 Å². The highest BCUT2D eigenvalue weighted by Gasteiger charge is 2.55. The number of aliphatic hydroxyl groups is 5. The fraction of sp³-hybridized carbons (Fsp3) is 0.516. The summed E-state index contributed by atoms with van der Waals surface area (Å²) in [6.07, 6.45) is 4.74. The van der Waals surface area contributed by atoms with Gasteiger partial charge >= 0.3 is 0 Å². The average molecular weight is 791 g/mol. The van der Waals surface area contributed by atoms with Gasteiger partial charge in [0.05, 0.1) is 52.7 Å². The van der Waals surface area contributed by atoms with Crippen LogP contribution >= 0.6 is 35.3 Å². The molecule has 2 saturated heterocycles. The second-order valence-electron chi connectivity index (χ2n) is 13.0.